The number of hydrogen-bond acceptors (Lipinski definition) is 2. The van der Waals surface area contributed by atoms with E-state index in [0.717, 1.165) is 24.0 Å². The molecular formula is C17H12F3NO. The van der Waals surface area contributed by atoms with E-state index in [2.05, 4.69) is 10.8 Å². The molecule has 5 heteroatoms. The monoisotopic (exact) mass is 303 g/mol. The number of nitriles is 1. The molecular weight excluding hydrogens is 291 g/mol. The van der Waals surface area contributed by atoms with Gasteiger partial charge in [0.1, 0.15) is 5.75 Å². The molecule has 112 valence electrons. The molecule has 2 nitrogen and oxygen atoms in total. The van der Waals surface area contributed by atoms with Crippen LogP contribution in [0.5, 0.6) is 5.75 Å². The third kappa shape index (κ3) is 2.91. The number of ether oxygens (including phenoxy) is 1. The average molecular weight is 303 g/mol. The van der Waals surface area contributed by atoms with Gasteiger partial charge in [-0.15, -0.1) is 13.2 Å². The van der Waals surface area contributed by atoms with Crippen molar-refractivity contribution in [1.82, 2.24) is 0 Å². The van der Waals surface area contributed by atoms with Gasteiger partial charge in [-0.1, -0.05) is 30.3 Å². The van der Waals surface area contributed by atoms with Crippen molar-refractivity contribution in [3.05, 3.63) is 54.1 Å². The summed E-state index contributed by atoms with van der Waals surface area (Å²) < 4.78 is 40.8. The molecule has 0 bridgehead atoms. The molecule has 0 heterocycles. The molecule has 2 aromatic carbocycles. The van der Waals surface area contributed by atoms with Crippen molar-refractivity contribution >= 4 is 0 Å². The Morgan fingerprint density at radius 3 is 2.23 bits per heavy atom. The van der Waals surface area contributed by atoms with Gasteiger partial charge in [0, 0.05) is 0 Å². The Morgan fingerprint density at radius 1 is 1.00 bits per heavy atom. The second-order valence-electron chi connectivity index (χ2n) is 5.35. The fourth-order valence-electron chi connectivity index (χ4n) is 2.46. The van der Waals surface area contributed by atoms with Crippen molar-refractivity contribution < 1.29 is 17.9 Å². The molecule has 0 aromatic heterocycles. The van der Waals surface area contributed by atoms with Gasteiger partial charge in [-0.2, -0.15) is 5.26 Å². The second-order valence-corrected chi connectivity index (χ2v) is 5.35. The maximum absolute atomic E-state index is 12.3. The van der Waals surface area contributed by atoms with Gasteiger partial charge >= 0.3 is 6.36 Å². The van der Waals surface area contributed by atoms with Crippen molar-refractivity contribution in [1.29, 1.82) is 5.26 Å². The van der Waals surface area contributed by atoms with Crippen LogP contribution in [0.2, 0.25) is 0 Å². The van der Waals surface area contributed by atoms with E-state index in [0.29, 0.717) is 5.56 Å². The summed E-state index contributed by atoms with van der Waals surface area (Å²) in [7, 11) is 0. The van der Waals surface area contributed by atoms with Crippen molar-refractivity contribution in [2.75, 3.05) is 0 Å². The predicted octanol–water partition coefficient (Wildman–Crippen LogP) is 4.81. The maximum Gasteiger partial charge on any atom is 0.573 e. The van der Waals surface area contributed by atoms with Crippen LogP contribution in [0.15, 0.2) is 48.5 Å². The first-order chi connectivity index (χ1) is 10.4. The van der Waals surface area contributed by atoms with Crippen LogP contribution in [0.1, 0.15) is 18.4 Å². The molecule has 0 spiro atoms. The molecule has 1 aliphatic rings. The minimum atomic E-state index is -4.71. The van der Waals surface area contributed by atoms with Crippen LogP contribution in [0, 0.1) is 11.3 Å². The molecule has 0 N–H and O–H groups in total. The SMILES string of the molecule is N#CC1(c2cccc(-c3cccc(OC(F)(F)F)c3)c2)CC1. The zero-order valence-electron chi connectivity index (χ0n) is 11.5. The first kappa shape index (κ1) is 14.5. The smallest absolute Gasteiger partial charge is 0.406 e. The molecule has 1 saturated carbocycles. The standard InChI is InChI=1S/C17H12F3NO/c18-17(19,20)22-15-6-2-4-13(10-15)12-3-1-5-14(9-12)16(11-21)7-8-16/h1-6,9-10H,7-8H2. The summed E-state index contributed by atoms with van der Waals surface area (Å²) in [6.45, 7) is 0. The van der Waals surface area contributed by atoms with Crippen molar-refractivity contribution in [2.45, 2.75) is 24.6 Å². The van der Waals surface area contributed by atoms with Gasteiger partial charge in [-0.3, -0.25) is 0 Å². The Hall–Kier alpha value is -2.48. The lowest BCUT2D eigenvalue weighted by atomic mass is 9.94. The number of benzene rings is 2. The minimum absolute atomic E-state index is 0.253. The van der Waals surface area contributed by atoms with E-state index in [-0.39, 0.29) is 5.75 Å². The average Bonchev–Trinajstić information content (AvgIpc) is 3.27. The third-order valence-electron chi connectivity index (χ3n) is 3.78. The molecule has 0 unspecified atom stereocenters. The van der Waals surface area contributed by atoms with E-state index in [9.17, 15) is 18.4 Å². The molecule has 0 atom stereocenters. The maximum atomic E-state index is 12.3. The van der Waals surface area contributed by atoms with E-state index in [1.54, 1.807) is 6.07 Å². The Labute approximate surface area is 125 Å². The van der Waals surface area contributed by atoms with E-state index in [1.807, 2.05) is 24.3 Å². The normalized spacial score (nSPS) is 15.9. The van der Waals surface area contributed by atoms with Crippen LogP contribution in [-0.2, 0) is 5.41 Å². The van der Waals surface area contributed by atoms with Crippen LogP contribution in [0.4, 0.5) is 13.2 Å². The van der Waals surface area contributed by atoms with E-state index < -0.39 is 11.8 Å². The summed E-state index contributed by atoms with van der Waals surface area (Å²) in [6, 6.07) is 15.5. The van der Waals surface area contributed by atoms with Gasteiger partial charge in [0.2, 0.25) is 0 Å². The number of hydrogen-bond donors (Lipinski definition) is 0. The van der Waals surface area contributed by atoms with Crippen molar-refractivity contribution in [2.24, 2.45) is 0 Å². The first-order valence-corrected chi connectivity index (χ1v) is 6.80. The number of alkyl halides is 3. The largest absolute Gasteiger partial charge is 0.573 e. The van der Waals surface area contributed by atoms with Gasteiger partial charge in [-0.05, 0) is 47.7 Å². The summed E-state index contributed by atoms with van der Waals surface area (Å²) in [6.07, 6.45) is -3.06. The highest BCUT2D eigenvalue weighted by molar-refractivity contribution is 5.66. The number of rotatable bonds is 3. The summed E-state index contributed by atoms with van der Waals surface area (Å²) >= 11 is 0. The lowest BCUT2D eigenvalue weighted by Crippen LogP contribution is -2.17. The highest BCUT2D eigenvalue weighted by Crippen LogP contribution is 2.48. The summed E-state index contributed by atoms with van der Waals surface area (Å²) in [4.78, 5) is 0. The predicted molar refractivity (Wildman–Crippen MR) is 75.1 cm³/mol. The fourth-order valence-corrected chi connectivity index (χ4v) is 2.46. The first-order valence-electron chi connectivity index (χ1n) is 6.80. The lowest BCUT2D eigenvalue weighted by Gasteiger charge is -2.12. The highest BCUT2D eigenvalue weighted by atomic mass is 19.4. The van der Waals surface area contributed by atoms with Crippen LogP contribution in [0.3, 0.4) is 0 Å². The quantitative estimate of drug-likeness (QED) is 0.815. The van der Waals surface area contributed by atoms with Gasteiger partial charge in [0.15, 0.2) is 0 Å². The Bertz CT molecular complexity index is 742. The van der Waals surface area contributed by atoms with Crippen LogP contribution in [0.25, 0.3) is 11.1 Å². The summed E-state index contributed by atoms with van der Waals surface area (Å²) in [5.74, 6) is -0.253. The number of halogens is 3. The fraction of sp³-hybridized carbons (Fsp3) is 0.235. The minimum Gasteiger partial charge on any atom is -0.406 e. The Balaban J connectivity index is 1.93. The summed E-state index contributed by atoms with van der Waals surface area (Å²) in [5.41, 5.74) is 1.88. The molecule has 22 heavy (non-hydrogen) atoms. The lowest BCUT2D eigenvalue weighted by molar-refractivity contribution is -0.274. The Kier molecular flexibility index (Phi) is 3.32. The highest BCUT2D eigenvalue weighted by Gasteiger charge is 2.44. The molecule has 0 radical (unpaired) electrons. The second kappa shape index (κ2) is 5.06. The molecule has 1 fully saturated rings. The van der Waals surface area contributed by atoms with Gasteiger partial charge in [0.25, 0.3) is 0 Å². The molecule has 0 aliphatic heterocycles. The van der Waals surface area contributed by atoms with E-state index in [4.69, 9.17) is 0 Å². The summed E-state index contributed by atoms with van der Waals surface area (Å²) in [5, 5.41) is 9.25. The molecule has 3 rings (SSSR count). The zero-order chi connectivity index (χ0) is 15.8. The third-order valence-corrected chi connectivity index (χ3v) is 3.78. The molecule has 0 saturated heterocycles. The van der Waals surface area contributed by atoms with Crippen LogP contribution >= 0.6 is 0 Å². The molecule has 1 aliphatic carbocycles. The van der Waals surface area contributed by atoms with Crippen molar-refractivity contribution in [3.63, 3.8) is 0 Å². The topological polar surface area (TPSA) is 33.0 Å². The van der Waals surface area contributed by atoms with Gasteiger partial charge in [0.05, 0.1) is 11.5 Å². The van der Waals surface area contributed by atoms with Gasteiger partial charge < -0.3 is 4.74 Å². The van der Waals surface area contributed by atoms with Crippen molar-refractivity contribution in [3.8, 4) is 22.9 Å². The molecule has 0 amide bonds. The number of nitrogens with zero attached hydrogens (tertiary/aromatic N) is 1. The van der Waals surface area contributed by atoms with Gasteiger partial charge in [-0.25, -0.2) is 0 Å². The van der Waals surface area contributed by atoms with E-state index in [1.165, 1.54) is 18.2 Å². The van der Waals surface area contributed by atoms with Crippen LogP contribution in [-0.4, -0.2) is 6.36 Å². The Morgan fingerprint density at radius 2 is 1.64 bits per heavy atom. The van der Waals surface area contributed by atoms with Crippen LogP contribution < -0.4 is 4.74 Å². The zero-order valence-corrected chi connectivity index (χ0v) is 11.5. The molecule has 2 aromatic rings. The van der Waals surface area contributed by atoms with E-state index >= 15 is 0 Å².